The molecule has 0 fully saturated rings. The molecule has 1 aromatic heterocycles. The number of benzene rings is 1. The number of thiophene rings is 1. The Morgan fingerprint density at radius 3 is 2.70 bits per heavy atom. The Morgan fingerprint density at radius 2 is 2.05 bits per heavy atom. The molecule has 0 spiro atoms. The lowest BCUT2D eigenvalue weighted by Crippen LogP contribution is -2.13. The number of thioether (sulfide) groups is 1. The molecule has 0 atom stereocenters. The van der Waals surface area contributed by atoms with E-state index in [0.717, 1.165) is 22.6 Å². The third kappa shape index (κ3) is 3.82. The number of anilines is 1. The maximum atomic E-state index is 11.8. The quantitative estimate of drug-likeness (QED) is 0.519. The Labute approximate surface area is 124 Å². The van der Waals surface area contributed by atoms with Gasteiger partial charge >= 0.3 is 5.00 Å². The lowest BCUT2D eigenvalue weighted by Gasteiger charge is -2.04. The molecule has 1 heterocycles. The molecular weight excluding hydrogens is 296 g/mol. The van der Waals surface area contributed by atoms with E-state index in [2.05, 4.69) is 5.32 Å². The summed E-state index contributed by atoms with van der Waals surface area (Å²) in [5.74, 6) is -0.0369. The minimum absolute atomic E-state index is 0.0816. The first-order valence-corrected chi connectivity index (χ1v) is 7.64. The maximum absolute atomic E-state index is 11.8. The van der Waals surface area contributed by atoms with Crippen molar-refractivity contribution in [3.05, 3.63) is 51.4 Å². The van der Waals surface area contributed by atoms with Crippen molar-refractivity contribution in [2.45, 2.75) is 11.8 Å². The van der Waals surface area contributed by atoms with E-state index in [4.69, 9.17) is 0 Å². The zero-order valence-corrected chi connectivity index (χ0v) is 12.3. The Morgan fingerprint density at radius 1 is 1.35 bits per heavy atom. The van der Waals surface area contributed by atoms with Gasteiger partial charge in [0.25, 0.3) is 0 Å². The highest BCUT2D eigenvalue weighted by Crippen LogP contribution is 2.34. The average Bonchev–Trinajstić information content (AvgIpc) is 2.88. The summed E-state index contributed by atoms with van der Waals surface area (Å²) in [5, 5.41) is 15.2. The van der Waals surface area contributed by atoms with Crippen molar-refractivity contribution in [1.82, 2.24) is 0 Å². The van der Waals surface area contributed by atoms with Crippen LogP contribution in [-0.4, -0.2) is 16.6 Å². The molecule has 104 valence electrons. The Kier molecular flexibility index (Phi) is 4.75. The average molecular weight is 308 g/mol. The number of hydrogen-bond acceptors (Lipinski definition) is 5. The molecule has 2 aromatic rings. The second-order valence-electron chi connectivity index (χ2n) is 4.05. The molecule has 0 radical (unpaired) electrons. The number of rotatable bonds is 5. The molecule has 0 bridgehead atoms. The molecule has 0 aliphatic heterocycles. The van der Waals surface area contributed by atoms with Gasteiger partial charge < -0.3 is 5.32 Å². The predicted molar refractivity (Wildman–Crippen MR) is 81.5 cm³/mol. The Balaban J connectivity index is 1.90. The van der Waals surface area contributed by atoms with Crippen molar-refractivity contribution in [1.29, 1.82) is 0 Å². The predicted octanol–water partition coefficient (Wildman–Crippen LogP) is 3.70. The summed E-state index contributed by atoms with van der Waals surface area (Å²) in [6, 6.07) is 9.13. The van der Waals surface area contributed by atoms with Crippen molar-refractivity contribution in [2.24, 2.45) is 0 Å². The lowest BCUT2D eigenvalue weighted by atomic mass is 10.2. The van der Waals surface area contributed by atoms with Crippen LogP contribution >= 0.6 is 23.1 Å². The molecule has 0 aliphatic carbocycles. The number of aryl methyl sites for hydroxylation is 1. The molecular formula is C13H12N2O3S2. The van der Waals surface area contributed by atoms with Crippen molar-refractivity contribution in [2.75, 3.05) is 11.1 Å². The molecule has 1 amide bonds. The minimum Gasteiger partial charge on any atom is -0.325 e. The second kappa shape index (κ2) is 6.53. The van der Waals surface area contributed by atoms with Gasteiger partial charge in [0.15, 0.2) is 0 Å². The molecule has 0 saturated carbocycles. The van der Waals surface area contributed by atoms with Gasteiger partial charge in [-0.05, 0) is 30.5 Å². The first-order chi connectivity index (χ1) is 9.56. The van der Waals surface area contributed by atoms with E-state index >= 15 is 0 Å². The van der Waals surface area contributed by atoms with Gasteiger partial charge in [0.1, 0.15) is 0 Å². The highest BCUT2D eigenvalue weighted by molar-refractivity contribution is 8.00. The van der Waals surface area contributed by atoms with Gasteiger partial charge in [-0.1, -0.05) is 29.0 Å². The van der Waals surface area contributed by atoms with E-state index in [1.165, 1.54) is 11.8 Å². The van der Waals surface area contributed by atoms with E-state index < -0.39 is 4.92 Å². The molecule has 0 aliphatic rings. The Bertz CT molecular complexity index is 623. The van der Waals surface area contributed by atoms with Gasteiger partial charge in [0.2, 0.25) is 5.91 Å². The van der Waals surface area contributed by atoms with Crippen LogP contribution in [0.5, 0.6) is 0 Å². The first kappa shape index (κ1) is 14.5. The van der Waals surface area contributed by atoms with Crippen LogP contribution in [-0.2, 0) is 4.79 Å². The summed E-state index contributed by atoms with van der Waals surface area (Å²) in [7, 11) is 0. The van der Waals surface area contributed by atoms with Crippen molar-refractivity contribution < 1.29 is 9.72 Å². The summed E-state index contributed by atoms with van der Waals surface area (Å²) in [6.45, 7) is 1.97. The smallest absolute Gasteiger partial charge is 0.325 e. The van der Waals surface area contributed by atoms with E-state index in [0.29, 0.717) is 4.90 Å². The first-order valence-electron chi connectivity index (χ1n) is 5.77. The number of hydrogen-bond donors (Lipinski definition) is 1. The lowest BCUT2D eigenvalue weighted by molar-refractivity contribution is -0.382. The fourth-order valence-corrected chi connectivity index (χ4v) is 3.24. The van der Waals surface area contributed by atoms with Gasteiger partial charge in [0.05, 0.1) is 15.6 Å². The highest BCUT2D eigenvalue weighted by atomic mass is 32.2. The number of carbonyl (C=O) groups is 1. The molecule has 5 nitrogen and oxygen atoms in total. The molecule has 0 saturated heterocycles. The molecule has 2 rings (SSSR count). The van der Waals surface area contributed by atoms with E-state index in [9.17, 15) is 14.9 Å². The third-order valence-electron chi connectivity index (χ3n) is 2.47. The molecule has 7 heteroatoms. The number of nitro groups is 1. The zero-order valence-electron chi connectivity index (χ0n) is 10.7. The molecule has 1 N–H and O–H groups in total. The van der Waals surface area contributed by atoms with Crippen LogP contribution in [0.25, 0.3) is 0 Å². The van der Waals surface area contributed by atoms with E-state index in [1.807, 2.05) is 31.2 Å². The third-order valence-corrected chi connectivity index (χ3v) is 4.51. The fourth-order valence-electron chi connectivity index (χ4n) is 1.51. The van der Waals surface area contributed by atoms with Gasteiger partial charge in [-0.3, -0.25) is 14.9 Å². The number of nitrogens with zero attached hydrogens (tertiary/aromatic N) is 1. The van der Waals surface area contributed by atoms with Gasteiger partial charge in [0, 0.05) is 5.69 Å². The second-order valence-corrected chi connectivity index (χ2v) is 5.96. The molecule has 20 heavy (non-hydrogen) atoms. The normalized spacial score (nSPS) is 10.2. The van der Waals surface area contributed by atoms with Gasteiger partial charge in [-0.2, -0.15) is 0 Å². The van der Waals surface area contributed by atoms with E-state index in [-0.39, 0.29) is 16.7 Å². The van der Waals surface area contributed by atoms with Crippen LogP contribution in [0.1, 0.15) is 5.56 Å². The summed E-state index contributed by atoms with van der Waals surface area (Å²) in [4.78, 5) is 22.6. The van der Waals surface area contributed by atoms with E-state index in [1.54, 1.807) is 11.4 Å². The van der Waals surface area contributed by atoms with Gasteiger partial charge in [-0.15, -0.1) is 11.8 Å². The summed E-state index contributed by atoms with van der Waals surface area (Å²) in [5.41, 5.74) is 1.84. The summed E-state index contributed by atoms with van der Waals surface area (Å²) in [6.07, 6.45) is 0. The Hall–Kier alpha value is -1.86. The van der Waals surface area contributed by atoms with Crippen LogP contribution in [0.3, 0.4) is 0 Å². The fraction of sp³-hybridized carbons (Fsp3) is 0.154. The molecule has 0 unspecified atom stereocenters. The van der Waals surface area contributed by atoms with Gasteiger partial charge in [-0.25, -0.2) is 0 Å². The number of carbonyl (C=O) groups excluding carboxylic acids is 1. The number of nitrogens with one attached hydrogen (secondary N) is 1. The summed E-state index contributed by atoms with van der Waals surface area (Å²) >= 11 is 2.23. The van der Waals surface area contributed by atoms with Crippen LogP contribution in [0.4, 0.5) is 10.7 Å². The topological polar surface area (TPSA) is 72.2 Å². The van der Waals surface area contributed by atoms with Crippen LogP contribution in [0.15, 0.2) is 40.6 Å². The van der Waals surface area contributed by atoms with Crippen LogP contribution < -0.4 is 5.32 Å². The molecule has 1 aromatic carbocycles. The van der Waals surface area contributed by atoms with Crippen LogP contribution in [0.2, 0.25) is 0 Å². The highest BCUT2D eigenvalue weighted by Gasteiger charge is 2.16. The SMILES string of the molecule is Cc1ccc(NC(=O)CSc2ccsc2[N+](=O)[O-])cc1. The summed E-state index contributed by atoms with van der Waals surface area (Å²) < 4.78 is 0. The van der Waals surface area contributed by atoms with Crippen molar-refractivity contribution in [3.63, 3.8) is 0 Å². The standard InChI is InChI=1S/C13H12N2O3S2/c1-9-2-4-10(5-3-9)14-12(16)8-20-11-6-7-19-13(11)15(17)18/h2-7H,8H2,1H3,(H,14,16). The van der Waals surface area contributed by atoms with Crippen molar-refractivity contribution in [3.8, 4) is 0 Å². The maximum Gasteiger partial charge on any atom is 0.337 e. The number of amides is 1. The monoisotopic (exact) mass is 308 g/mol. The minimum atomic E-state index is -0.426. The largest absolute Gasteiger partial charge is 0.337 e. The van der Waals surface area contributed by atoms with Crippen LogP contribution in [0, 0.1) is 17.0 Å². The zero-order chi connectivity index (χ0) is 14.5. The van der Waals surface area contributed by atoms with Crippen molar-refractivity contribution >= 4 is 39.7 Å².